The van der Waals surface area contributed by atoms with Crippen molar-refractivity contribution in [3.05, 3.63) is 231 Å². The monoisotopic (exact) mass is 1800 g/mol. The fourth-order valence-electron chi connectivity index (χ4n) is 11.2. The van der Waals surface area contributed by atoms with Gasteiger partial charge in [-0.1, -0.05) is 147 Å². The number of hydrogen-bond acceptors (Lipinski definition) is 27. The number of Topliss-reactive ketones (excluding diaryl/α,β-unsaturated/α-hetero) is 9. The van der Waals surface area contributed by atoms with Gasteiger partial charge < -0.3 is 114 Å². The zero-order valence-electron chi connectivity index (χ0n) is 71.5. The Morgan fingerprint density at radius 1 is 0.397 bits per heavy atom. The number of ketones is 9. The number of rotatable bonds is 40. The summed E-state index contributed by atoms with van der Waals surface area (Å²) in [5.41, 5.74) is 32.8. The van der Waals surface area contributed by atoms with Gasteiger partial charge in [0.15, 0.2) is 15.6 Å². The summed E-state index contributed by atoms with van der Waals surface area (Å²) in [7, 11) is -4.95. The summed E-state index contributed by atoms with van der Waals surface area (Å²) in [4.78, 5) is 177. The highest BCUT2D eigenvalue weighted by molar-refractivity contribution is 8.00. The lowest BCUT2D eigenvalue weighted by Crippen LogP contribution is -2.69. The van der Waals surface area contributed by atoms with E-state index >= 15 is 0 Å². The van der Waals surface area contributed by atoms with Gasteiger partial charge in [0.25, 0.3) is 0 Å². The lowest BCUT2D eigenvalue weighted by atomic mass is 9.94. The van der Waals surface area contributed by atoms with Gasteiger partial charge in [0.1, 0.15) is 82.7 Å². The largest absolute Gasteiger partial charge is 0.544 e. The molecule has 1 fully saturated rings. The first-order valence-electron chi connectivity index (χ1n) is 39.6. The number of carbonyl (C=O) groups excluding carboxylic acids is 16. The number of carbonyl (C=O) groups is 16. The summed E-state index contributed by atoms with van der Waals surface area (Å²) in [5.74, 6) is -10.4. The van der Waals surface area contributed by atoms with Crippen LogP contribution in [0.25, 0.3) is 0 Å². The highest BCUT2D eigenvalue weighted by atomic mass is 32.2. The van der Waals surface area contributed by atoms with E-state index in [2.05, 4.69) is 40.1 Å². The van der Waals surface area contributed by atoms with Crippen LogP contribution in [0.1, 0.15) is 145 Å². The van der Waals surface area contributed by atoms with Crippen LogP contribution < -0.4 is 75.9 Å². The summed E-state index contributed by atoms with van der Waals surface area (Å²) in [5, 5.41) is 73.8. The molecule has 0 radical (unpaired) electrons. The Labute approximate surface area is 736 Å². The van der Waals surface area contributed by atoms with Gasteiger partial charge >= 0.3 is 0 Å². The third-order valence-corrected chi connectivity index (χ3v) is 22.8. The van der Waals surface area contributed by atoms with Crippen molar-refractivity contribution in [2.75, 3.05) is 17.3 Å². The quantitative estimate of drug-likeness (QED) is 0.00812. The number of carboxylic acids is 7. The lowest BCUT2D eigenvalue weighted by Gasteiger charge is -2.10. The minimum atomic E-state index is -3.61. The van der Waals surface area contributed by atoms with Gasteiger partial charge in [-0.25, -0.2) is 8.42 Å². The van der Waals surface area contributed by atoms with Crippen molar-refractivity contribution in [2.24, 2.45) is 11.8 Å². The second kappa shape index (κ2) is 56.1. The van der Waals surface area contributed by atoms with Crippen molar-refractivity contribution >= 4 is 126 Å². The average Bonchev–Trinajstić information content (AvgIpc) is 1.26. The van der Waals surface area contributed by atoms with Crippen molar-refractivity contribution in [1.29, 1.82) is 0 Å². The third kappa shape index (κ3) is 44.1. The molecule has 1 aliphatic rings. The lowest BCUT2D eigenvalue weighted by molar-refractivity contribution is -0.437. The van der Waals surface area contributed by atoms with E-state index < -0.39 is 134 Å². The van der Waals surface area contributed by atoms with Gasteiger partial charge in [0, 0.05) is 91.0 Å². The van der Waals surface area contributed by atoms with E-state index in [1.54, 1.807) is 88.4 Å². The number of aryl methyl sites for hydroxylation is 1. The molecule has 0 aliphatic heterocycles. The van der Waals surface area contributed by atoms with Crippen LogP contribution in [-0.2, 0) is 146 Å². The molecule has 0 heterocycles. The van der Waals surface area contributed by atoms with Crippen LogP contribution in [0.5, 0.6) is 0 Å². The number of carboxylic acid groups (broad SMARTS) is 7. The summed E-state index contributed by atoms with van der Waals surface area (Å²) in [6.07, 6.45) is 5.58. The molecule has 8 rings (SSSR count). The van der Waals surface area contributed by atoms with Crippen molar-refractivity contribution < 1.29 is 165 Å². The van der Waals surface area contributed by atoms with Crippen molar-refractivity contribution in [2.45, 2.75) is 189 Å². The van der Waals surface area contributed by atoms with Crippen LogP contribution >= 0.6 is 11.8 Å². The second-order valence-electron chi connectivity index (χ2n) is 30.3. The minimum absolute atomic E-state index is 0.00362. The van der Waals surface area contributed by atoms with Gasteiger partial charge in [-0.3, -0.25) is 42.6 Å². The summed E-state index contributed by atoms with van der Waals surface area (Å²) in [6, 6.07) is 42.2. The molecule has 0 amide bonds. The molecule has 1 aliphatic carbocycles. The third-order valence-electron chi connectivity index (χ3n) is 18.4. The molecule has 0 bridgehead atoms. The van der Waals surface area contributed by atoms with Gasteiger partial charge in [-0.05, 0) is 140 Å². The molecule has 9 atom stereocenters. The molecule has 0 spiro atoms. The van der Waals surface area contributed by atoms with E-state index in [0.29, 0.717) is 72.3 Å². The normalized spacial score (nSPS) is 13.7. The van der Waals surface area contributed by atoms with Crippen LogP contribution in [0.2, 0.25) is 0 Å². The molecule has 33 nitrogen and oxygen atoms in total. The summed E-state index contributed by atoms with van der Waals surface area (Å²) < 4.78 is 35.2. The molecule has 7 aromatic carbocycles. The van der Waals surface area contributed by atoms with Crippen molar-refractivity contribution in [3.63, 3.8) is 0 Å². The first kappa shape index (κ1) is 110. The van der Waals surface area contributed by atoms with E-state index in [1.165, 1.54) is 68.9 Å². The van der Waals surface area contributed by atoms with Crippen LogP contribution in [-0.4, -0.2) is 166 Å². The smallest absolute Gasteiger partial charge is 0.228 e. The Morgan fingerprint density at radius 2 is 0.706 bits per heavy atom. The van der Waals surface area contributed by atoms with Crippen LogP contribution in [0.4, 0.5) is 0 Å². The molecule has 1 saturated carbocycles. The number of quaternary nitrogens is 7. The number of aliphatic carboxylic acids is 7. The summed E-state index contributed by atoms with van der Waals surface area (Å²) >= 11 is 1.47. The van der Waals surface area contributed by atoms with Crippen LogP contribution in [0.15, 0.2) is 185 Å². The predicted octanol–water partition coefficient (Wildman–Crippen LogP) is -8.52. The van der Waals surface area contributed by atoms with E-state index in [-0.39, 0.29) is 76.9 Å². The zero-order valence-corrected chi connectivity index (χ0v) is 73.9. The maximum atomic E-state index is 12.2. The van der Waals surface area contributed by atoms with Crippen LogP contribution in [0, 0.1) is 11.8 Å². The predicted molar refractivity (Wildman–Crippen MR) is 443 cm³/mol. The molecule has 680 valence electrons. The highest BCUT2D eigenvalue weighted by Gasteiger charge is 2.32. The molecule has 0 aromatic heterocycles. The maximum absolute atomic E-state index is 12.2. The second-order valence-corrected chi connectivity index (χ2v) is 34.8. The number of thioether (sulfide) groups is 1. The Bertz CT molecular complexity index is 4930. The molecule has 2 unspecified atom stereocenters. The van der Waals surface area contributed by atoms with Crippen molar-refractivity contribution in [1.82, 2.24) is 0 Å². The first-order chi connectivity index (χ1) is 58.9. The van der Waals surface area contributed by atoms with E-state index in [0.717, 1.165) is 62.2 Å². The molecular formula is C90H111N7O26S3. The summed E-state index contributed by atoms with van der Waals surface area (Å²) in [6.45, 7) is 10.6. The molecule has 126 heavy (non-hydrogen) atoms. The van der Waals surface area contributed by atoms with Gasteiger partial charge in [-0.15, -0.1) is 11.8 Å². The van der Waals surface area contributed by atoms with Gasteiger partial charge in [-0.2, -0.15) is 0 Å². The number of hydrogen-bond donors (Lipinski definition) is 7. The average molecular weight is 1800 g/mol. The maximum Gasteiger partial charge on any atom is 0.228 e. The Balaban J connectivity index is 0.000000498. The zero-order chi connectivity index (χ0) is 95.4. The van der Waals surface area contributed by atoms with E-state index in [1.807, 2.05) is 72.8 Å². The van der Waals surface area contributed by atoms with Crippen molar-refractivity contribution in [3.8, 4) is 0 Å². The first-order valence-corrected chi connectivity index (χ1v) is 43.6. The van der Waals surface area contributed by atoms with E-state index in [4.69, 9.17) is 0 Å². The Morgan fingerprint density at radius 3 is 1.00 bits per heavy atom. The molecule has 36 heteroatoms. The van der Waals surface area contributed by atoms with E-state index in [9.17, 15) is 125 Å². The SMILES string of the molecule is CC(=O)CCc1ccc(C[C@H]([NH3+])C(=O)[O-])cc1.CC(=O)CS(=O)(=O)c1ccc(C[C@H]([NH3+])C(=O)[O-])cc1.CC(=O)CS(=O)c1ccc(C[C@H]([NH3+])C(=O)[O-])cc1.CC(=O)CSc1ccc(C[C@H]([NH3+])C(=O)[O-])cc1.CC(=O)Cc1ccc(C[C@H]([NH3+])C(=O)[O-])cc1.CC(C)C(=O)C(=O)c1ccc(C[C@H]([NH3+])C(=O)[O-])cc1.[NH3+][C@@H](Cc1ccc(C(=O)C2CCCC2=O)cc1)C(=O)[O-]. The topological polar surface area (TPSA) is 679 Å². The van der Waals surface area contributed by atoms with Gasteiger partial charge in [0.2, 0.25) is 11.6 Å². The fourth-order valence-corrected chi connectivity index (χ4v) is 14.2. The molecular weight excluding hydrogens is 1690 g/mol. The number of sulfone groups is 1. The van der Waals surface area contributed by atoms with Crippen LogP contribution in [0.3, 0.4) is 0 Å². The molecule has 21 N–H and O–H groups in total. The standard InChI is InChI=1S/C15H17NO4.C14H17NO4.C13H17NO3.C12H15NO5S.C12H15NO4S.C12H15NO3S.C12H15NO3/c16-12(15(19)20)8-9-4-6-10(7-5-9)14(18)11-2-1-3-13(11)17;1-8(2)12(16)13(17)10-5-3-9(4-6-10)7-11(15)14(18)19;1-9(15)2-3-10-4-6-11(7-5-10)8-12(14)13(16)17;1-8(14)7-19(17,18)10-4-2-9(3-5-10)6-11(13)12(15)16;1-8(14)7-18(17)10-4-2-9(3-5-10)6-11(13)12(15)16;1-8(14)7-17-10-4-2-9(3-5-10)6-11(13)12(15)16;1-8(14)6-9-2-4-10(5-3-9)7-11(13)12(15)16/h4-7,11-12H,1-3,8,16H2,(H,19,20);3-6,8,11H,7,15H2,1-2H3,(H,18,19);4-7,12H,2-3,8,14H2,1H3,(H,16,17);2-5,11H,6-7,13H2,1H3,(H,15,16);2-5,11H,6-7,13H2,1H3,(H,15,16);2-5,11H,6-7,13H2,1H3,(H,15,16);2-5,11H,6-7,13H2,1H3,(H,15,16)/t11?,12-;11-;12-;11-;11-,18?;2*11-/m0000000/s1. The fraction of sp³-hybridized carbons (Fsp3) is 0.356. The highest BCUT2D eigenvalue weighted by Crippen LogP contribution is 2.26. The van der Waals surface area contributed by atoms with Gasteiger partial charge in [0.05, 0.1) is 74.9 Å². The number of benzene rings is 7. The molecule has 0 saturated heterocycles. The minimum Gasteiger partial charge on any atom is -0.544 e. The Hall–Kier alpha value is -12.0. The Kier molecular flexibility index (Phi) is 49.0. The molecule has 7 aromatic rings.